The smallest absolute Gasteiger partial charge is 0.291 e. The van der Waals surface area contributed by atoms with Crippen molar-refractivity contribution < 1.29 is 18.3 Å². The molecule has 1 amide bonds. The Balaban J connectivity index is 1.35. The Labute approximate surface area is 173 Å². The van der Waals surface area contributed by atoms with Gasteiger partial charge >= 0.3 is 0 Å². The van der Waals surface area contributed by atoms with Crippen LogP contribution in [0.4, 0.5) is 10.2 Å². The molecule has 0 radical (unpaired) electrons. The Hall–Kier alpha value is -3.16. The van der Waals surface area contributed by atoms with Crippen LogP contribution in [0.1, 0.15) is 42.6 Å². The van der Waals surface area contributed by atoms with E-state index in [1.807, 2.05) is 13.0 Å². The molecule has 1 N–H and O–H groups in total. The topological polar surface area (TPSA) is 80.5 Å². The summed E-state index contributed by atoms with van der Waals surface area (Å²) in [6.45, 7) is 4.90. The second-order valence-electron chi connectivity index (χ2n) is 8.39. The van der Waals surface area contributed by atoms with Crippen molar-refractivity contribution >= 4 is 22.8 Å². The van der Waals surface area contributed by atoms with Gasteiger partial charge in [0.05, 0.1) is 11.9 Å². The van der Waals surface area contributed by atoms with Gasteiger partial charge in [0.2, 0.25) is 11.5 Å². The van der Waals surface area contributed by atoms with Crippen LogP contribution in [0.15, 0.2) is 34.7 Å². The molecule has 5 rings (SSSR count). The molecule has 2 fully saturated rings. The van der Waals surface area contributed by atoms with Crippen molar-refractivity contribution in [3.05, 3.63) is 47.7 Å². The summed E-state index contributed by atoms with van der Waals surface area (Å²) in [6.07, 6.45) is 2.58. The summed E-state index contributed by atoms with van der Waals surface area (Å²) in [7, 11) is 0. The molecule has 2 aromatic heterocycles. The number of nitrogens with one attached hydrogen (secondary N) is 1. The van der Waals surface area contributed by atoms with Crippen molar-refractivity contribution in [3.63, 3.8) is 0 Å². The molecule has 156 valence electrons. The van der Waals surface area contributed by atoms with Crippen LogP contribution in [0.5, 0.6) is 5.75 Å². The van der Waals surface area contributed by atoms with Gasteiger partial charge in [0.25, 0.3) is 5.91 Å². The minimum Gasteiger partial charge on any atom is -0.488 e. The quantitative estimate of drug-likeness (QED) is 0.687. The van der Waals surface area contributed by atoms with Gasteiger partial charge in [-0.2, -0.15) is 4.98 Å². The number of rotatable bonds is 5. The molecule has 1 unspecified atom stereocenters. The van der Waals surface area contributed by atoms with E-state index in [1.165, 1.54) is 12.1 Å². The number of aromatic nitrogens is 2. The molecule has 7 nitrogen and oxygen atoms in total. The van der Waals surface area contributed by atoms with Gasteiger partial charge in [0.1, 0.15) is 29.2 Å². The minimum atomic E-state index is -0.349. The van der Waals surface area contributed by atoms with E-state index in [-0.39, 0.29) is 29.2 Å². The second kappa shape index (κ2) is 6.97. The van der Waals surface area contributed by atoms with Gasteiger partial charge in [-0.05, 0) is 44.9 Å². The number of fused-ring (bicyclic) bond motifs is 1. The number of furan rings is 1. The summed E-state index contributed by atoms with van der Waals surface area (Å²) in [6, 6.07) is 7.91. The van der Waals surface area contributed by atoms with E-state index in [1.54, 1.807) is 17.0 Å². The van der Waals surface area contributed by atoms with Gasteiger partial charge in [-0.15, -0.1) is 0 Å². The number of benzene rings is 1. The average molecular weight is 410 g/mol. The standard InChI is InChI=1S/C22H23FN4O3/c1-13-10-17-18(26-22(2)7-8-22)24-19(25-20(17)29-13)21(28)27-9-6-16(12-27)30-15-5-3-4-14(23)11-15/h3-5,10-11,16H,6-9,12H2,1-2H3,(H,24,25,26). The summed E-state index contributed by atoms with van der Waals surface area (Å²) in [5, 5.41) is 4.22. The number of hydrogen-bond acceptors (Lipinski definition) is 6. The fourth-order valence-electron chi connectivity index (χ4n) is 3.71. The first kappa shape index (κ1) is 18.8. The van der Waals surface area contributed by atoms with Crippen LogP contribution in [-0.2, 0) is 0 Å². The molecule has 3 heterocycles. The van der Waals surface area contributed by atoms with E-state index in [9.17, 15) is 9.18 Å². The molecule has 2 aliphatic rings. The lowest BCUT2D eigenvalue weighted by atomic mass is 10.2. The number of likely N-dealkylation sites (tertiary alicyclic amines) is 1. The highest BCUT2D eigenvalue weighted by Gasteiger charge is 2.38. The highest BCUT2D eigenvalue weighted by molar-refractivity contribution is 5.95. The Morgan fingerprint density at radius 2 is 2.17 bits per heavy atom. The monoisotopic (exact) mass is 410 g/mol. The Kier molecular flexibility index (Phi) is 4.38. The SMILES string of the molecule is Cc1cc2c(NC3(C)CC3)nc(C(=O)N3CCC(Oc4cccc(F)c4)C3)nc2o1. The second-order valence-corrected chi connectivity index (χ2v) is 8.39. The number of carbonyl (C=O) groups excluding carboxylic acids is 1. The number of ether oxygens (including phenoxy) is 1. The van der Waals surface area contributed by atoms with Crippen LogP contribution in [-0.4, -0.2) is 45.5 Å². The van der Waals surface area contributed by atoms with Crippen LogP contribution < -0.4 is 10.1 Å². The summed E-state index contributed by atoms with van der Waals surface area (Å²) in [4.78, 5) is 23.7. The van der Waals surface area contributed by atoms with Crippen molar-refractivity contribution in [2.45, 2.75) is 44.8 Å². The molecular formula is C22H23FN4O3. The predicted octanol–water partition coefficient (Wildman–Crippen LogP) is 3.93. The highest BCUT2D eigenvalue weighted by atomic mass is 19.1. The van der Waals surface area contributed by atoms with E-state index < -0.39 is 0 Å². The van der Waals surface area contributed by atoms with E-state index >= 15 is 0 Å². The first-order chi connectivity index (χ1) is 14.4. The molecule has 1 saturated heterocycles. The van der Waals surface area contributed by atoms with Crippen molar-refractivity contribution in [1.29, 1.82) is 0 Å². The zero-order chi connectivity index (χ0) is 20.9. The molecule has 0 bridgehead atoms. The number of anilines is 1. The number of carbonyl (C=O) groups is 1. The van der Waals surface area contributed by atoms with E-state index in [2.05, 4.69) is 22.2 Å². The largest absolute Gasteiger partial charge is 0.488 e. The number of aryl methyl sites for hydroxylation is 1. The van der Waals surface area contributed by atoms with E-state index in [0.717, 1.165) is 24.0 Å². The summed E-state index contributed by atoms with van der Waals surface area (Å²) in [5.41, 5.74) is 0.411. The zero-order valence-electron chi connectivity index (χ0n) is 16.9. The summed E-state index contributed by atoms with van der Waals surface area (Å²) >= 11 is 0. The third kappa shape index (κ3) is 3.69. The lowest BCUT2D eigenvalue weighted by molar-refractivity contribution is 0.0760. The van der Waals surface area contributed by atoms with Crippen LogP contribution in [0.25, 0.3) is 11.1 Å². The number of nitrogens with zero attached hydrogens (tertiary/aromatic N) is 3. The summed E-state index contributed by atoms with van der Waals surface area (Å²) < 4.78 is 24.9. The molecule has 1 aliphatic carbocycles. The highest BCUT2D eigenvalue weighted by Crippen LogP contribution is 2.39. The Bertz CT molecular complexity index is 1120. The molecule has 3 aromatic rings. The van der Waals surface area contributed by atoms with E-state index in [0.29, 0.717) is 36.8 Å². The van der Waals surface area contributed by atoms with Crippen LogP contribution in [0, 0.1) is 12.7 Å². The van der Waals surface area contributed by atoms with Crippen LogP contribution in [0.3, 0.4) is 0 Å². The molecule has 30 heavy (non-hydrogen) atoms. The molecule has 1 atom stereocenters. The van der Waals surface area contributed by atoms with Gasteiger partial charge in [-0.25, -0.2) is 9.37 Å². The molecule has 1 saturated carbocycles. The molecule has 0 spiro atoms. The van der Waals surface area contributed by atoms with Gasteiger partial charge in [-0.1, -0.05) is 6.07 Å². The van der Waals surface area contributed by atoms with Crippen molar-refractivity contribution in [3.8, 4) is 5.75 Å². The molecule has 1 aromatic carbocycles. The normalized spacial score (nSPS) is 19.8. The molecule has 1 aliphatic heterocycles. The molecular weight excluding hydrogens is 387 g/mol. The van der Waals surface area contributed by atoms with E-state index in [4.69, 9.17) is 9.15 Å². The van der Waals surface area contributed by atoms with Gasteiger partial charge in [-0.3, -0.25) is 4.79 Å². The third-order valence-electron chi connectivity index (χ3n) is 5.66. The lowest BCUT2D eigenvalue weighted by Gasteiger charge is -2.18. The van der Waals surface area contributed by atoms with Crippen LogP contribution in [0.2, 0.25) is 0 Å². The first-order valence-corrected chi connectivity index (χ1v) is 10.2. The van der Waals surface area contributed by atoms with Gasteiger partial charge < -0.3 is 19.4 Å². The van der Waals surface area contributed by atoms with Crippen molar-refractivity contribution in [2.24, 2.45) is 0 Å². The zero-order valence-corrected chi connectivity index (χ0v) is 16.9. The van der Waals surface area contributed by atoms with Crippen molar-refractivity contribution in [1.82, 2.24) is 14.9 Å². The fourth-order valence-corrected chi connectivity index (χ4v) is 3.71. The molecule has 8 heteroatoms. The maximum atomic E-state index is 13.4. The first-order valence-electron chi connectivity index (χ1n) is 10.2. The average Bonchev–Trinajstić information content (AvgIpc) is 3.09. The number of hydrogen-bond donors (Lipinski definition) is 1. The lowest BCUT2D eigenvalue weighted by Crippen LogP contribution is -2.32. The maximum Gasteiger partial charge on any atom is 0.291 e. The maximum absolute atomic E-state index is 13.4. The number of halogens is 1. The Morgan fingerprint density at radius 3 is 2.93 bits per heavy atom. The Morgan fingerprint density at radius 1 is 1.33 bits per heavy atom. The summed E-state index contributed by atoms with van der Waals surface area (Å²) in [5.74, 6) is 1.31. The minimum absolute atomic E-state index is 0.00428. The third-order valence-corrected chi connectivity index (χ3v) is 5.66. The van der Waals surface area contributed by atoms with Crippen molar-refractivity contribution in [2.75, 3.05) is 18.4 Å². The van der Waals surface area contributed by atoms with Crippen LogP contribution >= 0.6 is 0 Å². The van der Waals surface area contributed by atoms with Gasteiger partial charge in [0, 0.05) is 24.6 Å². The fraction of sp³-hybridized carbons (Fsp3) is 0.409. The predicted molar refractivity (Wildman–Crippen MR) is 109 cm³/mol. The number of amides is 1. The van der Waals surface area contributed by atoms with Gasteiger partial charge in [0.15, 0.2) is 0 Å².